The molecule has 0 bridgehead atoms. The van der Waals surface area contributed by atoms with Crippen LogP contribution in [-0.2, 0) is 19.0 Å². The summed E-state index contributed by atoms with van der Waals surface area (Å²) in [4.78, 5) is 11.1. The van der Waals surface area contributed by atoms with Crippen LogP contribution in [0.25, 0.3) is 0 Å². The second-order valence-corrected chi connectivity index (χ2v) is 7.16. The quantitative estimate of drug-likeness (QED) is 0.435. The molecule has 1 aliphatic rings. The van der Waals surface area contributed by atoms with Crippen molar-refractivity contribution >= 4 is 21.5 Å². The molecule has 0 aliphatic carbocycles. The smallest absolute Gasteiger partial charge is 0.342 e. The van der Waals surface area contributed by atoms with Crippen LogP contribution in [0.5, 0.6) is 0 Å². The molecule has 2 rings (SSSR count). The van der Waals surface area contributed by atoms with Crippen LogP contribution >= 0.6 is 0 Å². The Kier molecular flexibility index (Phi) is 5.25. The van der Waals surface area contributed by atoms with Crippen molar-refractivity contribution in [1.82, 2.24) is 0 Å². The highest BCUT2D eigenvalue weighted by molar-refractivity contribution is 7.85. The van der Waals surface area contributed by atoms with Crippen LogP contribution < -0.4 is 4.90 Å². The summed E-state index contributed by atoms with van der Waals surface area (Å²) in [5.41, 5.74) is 0.0518. The van der Waals surface area contributed by atoms with Gasteiger partial charge in [-0.2, -0.15) is 21.6 Å². The molecule has 140 valence electrons. The minimum atomic E-state index is -4.74. The predicted octanol–water partition coefficient (Wildman–Crippen LogP) is 1.97. The maximum atomic E-state index is 13.2. The first-order valence-electron chi connectivity index (χ1n) is 6.97. The third-order valence-corrected chi connectivity index (χ3v) is 4.03. The summed E-state index contributed by atoms with van der Waals surface area (Å²) in [5.74, 6) is 0. The highest BCUT2D eigenvalue weighted by atomic mass is 32.2. The number of aryl methyl sites for hydroxylation is 1. The molecule has 0 amide bonds. The third-order valence-electron chi connectivity index (χ3n) is 3.46. The number of halogens is 3. The summed E-state index contributed by atoms with van der Waals surface area (Å²) in [7, 11) is -3.82. The van der Waals surface area contributed by atoms with E-state index in [0.29, 0.717) is 0 Å². The van der Waals surface area contributed by atoms with Crippen molar-refractivity contribution in [3.63, 3.8) is 0 Å². The molecule has 0 spiro atoms. The largest absolute Gasteiger partial charge is 0.433 e. The molecule has 0 N–H and O–H groups in total. The monoisotopic (exact) mass is 384 g/mol. The molecule has 0 saturated carbocycles. The highest BCUT2D eigenvalue weighted by Gasteiger charge is 2.51. The fourth-order valence-corrected chi connectivity index (χ4v) is 2.82. The number of nitrogens with zero attached hydrogens (tertiary/aromatic N) is 2. The van der Waals surface area contributed by atoms with Crippen molar-refractivity contribution < 1.29 is 35.4 Å². The van der Waals surface area contributed by atoms with Gasteiger partial charge in [0.15, 0.2) is 0 Å². The van der Waals surface area contributed by atoms with Crippen molar-refractivity contribution in [2.24, 2.45) is 0 Å². The summed E-state index contributed by atoms with van der Waals surface area (Å²) in [6.45, 7) is 0.566. The summed E-state index contributed by atoms with van der Waals surface area (Å²) >= 11 is 0. The standard InChI is InChI=1S/C13H15F3N2O6S/c1-8-5-9(3-4-11(8)18(19)20)17-6-10(7-23-25(2,21)22)24-12(17)13(14,15)16/h3-5,10,12H,6-7H2,1-2H3/t10-,12-/m0/s1. The average molecular weight is 384 g/mol. The van der Waals surface area contributed by atoms with E-state index in [1.807, 2.05) is 0 Å². The Balaban J connectivity index is 2.27. The van der Waals surface area contributed by atoms with Gasteiger partial charge in [0, 0.05) is 23.9 Å². The number of hydrogen-bond donors (Lipinski definition) is 0. The zero-order valence-corrected chi connectivity index (χ0v) is 14.0. The first kappa shape index (κ1) is 19.4. The van der Waals surface area contributed by atoms with Crippen LogP contribution in [0.15, 0.2) is 18.2 Å². The normalized spacial score (nSPS) is 21.6. The molecule has 25 heavy (non-hydrogen) atoms. The molecule has 2 atom stereocenters. The third kappa shape index (κ3) is 4.80. The van der Waals surface area contributed by atoms with Crippen molar-refractivity contribution in [2.45, 2.75) is 25.4 Å². The van der Waals surface area contributed by atoms with Crippen LogP contribution in [0.3, 0.4) is 0 Å². The van der Waals surface area contributed by atoms with Gasteiger partial charge < -0.3 is 9.64 Å². The van der Waals surface area contributed by atoms with Gasteiger partial charge in [0.25, 0.3) is 15.8 Å². The van der Waals surface area contributed by atoms with Crippen LogP contribution in [0.4, 0.5) is 24.5 Å². The highest BCUT2D eigenvalue weighted by Crippen LogP contribution is 2.36. The van der Waals surface area contributed by atoms with Gasteiger partial charge in [0.2, 0.25) is 6.23 Å². The number of nitro benzene ring substituents is 1. The van der Waals surface area contributed by atoms with E-state index in [4.69, 9.17) is 4.74 Å². The van der Waals surface area contributed by atoms with Crippen LogP contribution in [0, 0.1) is 17.0 Å². The molecule has 1 aliphatic heterocycles. The van der Waals surface area contributed by atoms with Gasteiger partial charge in [0.05, 0.1) is 17.8 Å². The summed E-state index contributed by atoms with van der Waals surface area (Å²) in [6.07, 6.45) is -7.39. The van der Waals surface area contributed by atoms with Gasteiger partial charge in [-0.25, -0.2) is 0 Å². The molecule has 1 aromatic rings. The summed E-state index contributed by atoms with van der Waals surface area (Å²) in [5, 5.41) is 10.8. The van der Waals surface area contributed by atoms with Crippen molar-refractivity contribution in [3.05, 3.63) is 33.9 Å². The van der Waals surface area contributed by atoms with Gasteiger partial charge in [-0.3, -0.25) is 14.3 Å². The molecule has 1 saturated heterocycles. The van der Waals surface area contributed by atoms with Gasteiger partial charge >= 0.3 is 6.18 Å². The lowest BCUT2D eigenvalue weighted by Gasteiger charge is -2.26. The molecular formula is C13H15F3N2O6S. The fourth-order valence-electron chi connectivity index (χ4n) is 2.42. The predicted molar refractivity (Wildman–Crippen MR) is 80.7 cm³/mol. The molecule has 8 nitrogen and oxygen atoms in total. The van der Waals surface area contributed by atoms with E-state index in [9.17, 15) is 31.7 Å². The Morgan fingerprint density at radius 2 is 2.08 bits per heavy atom. The Morgan fingerprint density at radius 3 is 2.56 bits per heavy atom. The van der Waals surface area contributed by atoms with E-state index < -0.39 is 40.2 Å². The molecule has 0 aromatic heterocycles. The maximum absolute atomic E-state index is 13.2. The van der Waals surface area contributed by atoms with E-state index >= 15 is 0 Å². The topological polar surface area (TPSA) is 99.0 Å². The van der Waals surface area contributed by atoms with Crippen molar-refractivity contribution in [1.29, 1.82) is 0 Å². The van der Waals surface area contributed by atoms with Gasteiger partial charge in [-0.05, 0) is 19.1 Å². The molecule has 1 fully saturated rings. The lowest BCUT2D eigenvalue weighted by atomic mass is 10.1. The molecule has 0 radical (unpaired) electrons. The lowest BCUT2D eigenvalue weighted by molar-refractivity contribution is -0.385. The average Bonchev–Trinajstić information content (AvgIpc) is 2.88. The van der Waals surface area contributed by atoms with E-state index in [1.165, 1.54) is 19.1 Å². The van der Waals surface area contributed by atoms with E-state index in [2.05, 4.69) is 4.18 Å². The van der Waals surface area contributed by atoms with Crippen molar-refractivity contribution in [2.75, 3.05) is 24.3 Å². The number of benzene rings is 1. The number of alkyl halides is 3. The number of nitro groups is 1. The Hall–Kier alpha value is -1.92. The van der Waals surface area contributed by atoms with Gasteiger partial charge in [-0.1, -0.05) is 0 Å². The zero-order chi connectivity index (χ0) is 19.0. The second-order valence-electron chi connectivity index (χ2n) is 5.52. The van der Waals surface area contributed by atoms with E-state index in [0.717, 1.165) is 17.2 Å². The molecular weight excluding hydrogens is 369 g/mol. The molecule has 1 heterocycles. The number of anilines is 1. The van der Waals surface area contributed by atoms with Crippen LogP contribution in [0.2, 0.25) is 0 Å². The molecule has 1 aromatic carbocycles. The minimum absolute atomic E-state index is 0.0762. The number of hydrogen-bond acceptors (Lipinski definition) is 7. The Bertz CT molecular complexity index is 768. The maximum Gasteiger partial charge on any atom is 0.433 e. The van der Waals surface area contributed by atoms with Gasteiger partial charge in [0.1, 0.15) is 6.10 Å². The zero-order valence-electron chi connectivity index (χ0n) is 13.2. The Labute approximate surface area is 141 Å². The summed E-state index contributed by atoms with van der Waals surface area (Å²) in [6, 6.07) is 3.55. The van der Waals surface area contributed by atoms with Crippen LogP contribution in [0.1, 0.15) is 5.56 Å². The SMILES string of the molecule is Cc1cc(N2C[C@@H](COS(C)(=O)=O)O[C@H]2C(F)(F)F)ccc1[N+](=O)[O-]. The minimum Gasteiger partial charge on any atom is -0.342 e. The fraction of sp³-hybridized carbons (Fsp3) is 0.538. The van der Waals surface area contributed by atoms with E-state index in [-0.39, 0.29) is 23.5 Å². The van der Waals surface area contributed by atoms with Crippen molar-refractivity contribution in [3.8, 4) is 0 Å². The second kappa shape index (κ2) is 6.77. The first-order chi connectivity index (χ1) is 11.4. The Morgan fingerprint density at radius 1 is 1.44 bits per heavy atom. The molecule has 12 heteroatoms. The van der Waals surface area contributed by atoms with Crippen LogP contribution in [-0.4, -0.2) is 51.3 Å². The number of ether oxygens (including phenoxy) is 1. The first-order valence-corrected chi connectivity index (χ1v) is 8.78. The summed E-state index contributed by atoms with van der Waals surface area (Å²) < 4.78 is 71.0. The van der Waals surface area contributed by atoms with Gasteiger partial charge in [-0.15, -0.1) is 0 Å². The lowest BCUT2D eigenvalue weighted by Crippen LogP contribution is -2.42. The molecule has 0 unspecified atom stereocenters. The number of rotatable bonds is 5. The van der Waals surface area contributed by atoms with E-state index in [1.54, 1.807) is 0 Å².